The van der Waals surface area contributed by atoms with Crippen molar-refractivity contribution in [2.24, 2.45) is 0 Å². The minimum atomic E-state index is -0.257. The first-order valence-corrected chi connectivity index (χ1v) is 10.1. The number of hydrogen-bond acceptors (Lipinski definition) is 6. The molecule has 0 radical (unpaired) electrons. The predicted octanol–water partition coefficient (Wildman–Crippen LogP) is 3.21. The Morgan fingerprint density at radius 2 is 2.23 bits per heavy atom. The molecule has 1 aromatic carbocycles. The van der Waals surface area contributed by atoms with Gasteiger partial charge in [0.05, 0.1) is 28.8 Å². The molecule has 0 saturated heterocycles. The van der Waals surface area contributed by atoms with Gasteiger partial charge in [-0.1, -0.05) is 12.1 Å². The van der Waals surface area contributed by atoms with Gasteiger partial charge in [0, 0.05) is 0 Å². The number of H-pyrrole nitrogens is 1. The molecule has 0 unspecified atom stereocenters. The second kappa shape index (κ2) is 7.13. The first kappa shape index (κ1) is 17.1. The van der Waals surface area contributed by atoms with Crippen LogP contribution in [0, 0.1) is 0 Å². The molecule has 6 nitrogen and oxygen atoms in total. The van der Waals surface area contributed by atoms with Gasteiger partial charge in [-0.2, -0.15) is 0 Å². The van der Waals surface area contributed by atoms with Crippen molar-refractivity contribution in [3.8, 4) is 5.75 Å². The molecule has 3 aromatic rings. The van der Waals surface area contributed by atoms with Crippen LogP contribution in [0.5, 0.6) is 5.75 Å². The summed E-state index contributed by atoms with van der Waals surface area (Å²) in [6, 6.07) is 7.19. The van der Waals surface area contributed by atoms with E-state index in [4.69, 9.17) is 4.74 Å². The van der Waals surface area contributed by atoms with Gasteiger partial charge in [-0.25, -0.2) is 4.98 Å². The minimum absolute atomic E-state index is 0.00105. The highest BCUT2D eigenvalue weighted by Gasteiger charge is 2.21. The maximum Gasteiger partial charge on any atom is 0.259 e. The third-order valence-corrected chi connectivity index (χ3v) is 6.71. The Labute approximate surface area is 158 Å². The molecule has 2 N–H and O–H groups in total. The highest BCUT2D eigenvalue weighted by Crippen LogP contribution is 2.40. The van der Waals surface area contributed by atoms with Crippen LogP contribution in [0.15, 0.2) is 33.3 Å². The quantitative estimate of drug-likeness (QED) is 0.718. The molecule has 1 amide bonds. The van der Waals surface area contributed by atoms with Crippen LogP contribution in [0.2, 0.25) is 0 Å². The van der Waals surface area contributed by atoms with Crippen molar-refractivity contribution in [2.45, 2.75) is 23.5 Å². The van der Waals surface area contributed by atoms with Gasteiger partial charge in [0.2, 0.25) is 5.91 Å². The highest BCUT2D eigenvalue weighted by atomic mass is 32.2. The zero-order valence-corrected chi connectivity index (χ0v) is 15.8. The Morgan fingerprint density at radius 1 is 1.38 bits per heavy atom. The lowest BCUT2D eigenvalue weighted by atomic mass is 10.1. The number of aromatic amines is 1. The van der Waals surface area contributed by atoms with Crippen LogP contribution < -0.4 is 15.6 Å². The molecule has 0 atom stereocenters. The van der Waals surface area contributed by atoms with Gasteiger partial charge in [0.25, 0.3) is 5.56 Å². The summed E-state index contributed by atoms with van der Waals surface area (Å²) in [4.78, 5) is 32.9. The molecule has 2 aromatic heterocycles. The number of benzene rings is 1. The fraction of sp³-hybridized carbons (Fsp3) is 0.278. The van der Waals surface area contributed by atoms with E-state index >= 15 is 0 Å². The number of amides is 1. The molecule has 26 heavy (non-hydrogen) atoms. The molecule has 134 valence electrons. The van der Waals surface area contributed by atoms with Crippen molar-refractivity contribution in [1.29, 1.82) is 0 Å². The van der Waals surface area contributed by atoms with Gasteiger partial charge < -0.3 is 15.0 Å². The summed E-state index contributed by atoms with van der Waals surface area (Å²) in [5.41, 5.74) is 1.54. The maximum atomic E-state index is 12.5. The van der Waals surface area contributed by atoms with Crippen LogP contribution in [-0.2, 0) is 17.6 Å². The van der Waals surface area contributed by atoms with Crippen molar-refractivity contribution in [1.82, 2.24) is 9.97 Å². The first-order chi connectivity index (χ1) is 12.7. The highest BCUT2D eigenvalue weighted by molar-refractivity contribution is 8.01. The zero-order chi connectivity index (χ0) is 18.1. The molecule has 1 aliphatic heterocycles. The Bertz CT molecular complexity index is 1040. The third kappa shape index (κ3) is 3.22. The number of anilines is 1. The predicted molar refractivity (Wildman–Crippen MR) is 105 cm³/mol. The summed E-state index contributed by atoms with van der Waals surface area (Å²) in [6.07, 6.45) is 1.99. The first-order valence-electron chi connectivity index (χ1n) is 8.26. The van der Waals surface area contributed by atoms with E-state index in [0.717, 1.165) is 24.2 Å². The van der Waals surface area contributed by atoms with E-state index < -0.39 is 0 Å². The van der Waals surface area contributed by atoms with Gasteiger partial charge in [-0.05, 0) is 36.3 Å². The number of methoxy groups -OCH3 is 1. The number of nitrogens with zero attached hydrogens (tertiary/aromatic N) is 1. The monoisotopic (exact) mass is 387 g/mol. The van der Waals surface area contributed by atoms with E-state index in [-0.39, 0.29) is 17.9 Å². The van der Waals surface area contributed by atoms with E-state index in [1.807, 2.05) is 12.1 Å². The zero-order valence-electron chi connectivity index (χ0n) is 14.1. The number of hydrogen-bond donors (Lipinski definition) is 2. The van der Waals surface area contributed by atoms with Gasteiger partial charge >= 0.3 is 0 Å². The summed E-state index contributed by atoms with van der Waals surface area (Å²) in [7, 11) is 1.55. The second-order valence-electron chi connectivity index (χ2n) is 5.94. The number of rotatable bonds is 4. The number of thioether (sulfide) groups is 1. The van der Waals surface area contributed by atoms with Crippen LogP contribution in [0.1, 0.15) is 17.8 Å². The molecule has 0 saturated carbocycles. The van der Waals surface area contributed by atoms with E-state index in [9.17, 15) is 9.59 Å². The van der Waals surface area contributed by atoms with E-state index in [1.165, 1.54) is 4.21 Å². The maximum absolute atomic E-state index is 12.5. The smallest absolute Gasteiger partial charge is 0.259 e. The van der Waals surface area contributed by atoms with Gasteiger partial charge in [-0.3, -0.25) is 9.59 Å². The third-order valence-electron chi connectivity index (χ3n) is 4.19. The number of carbonyl (C=O) groups is 1. The molecule has 0 aliphatic carbocycles. The normalized spacial score (nSPS) is 13.4. The summed E-state index contributed by atoms with van der Waals surface area (Å²) >= 11 is 3.33. The molecule has 0 bridgehead atoms. The summed E-state index contributed by atoms with van der Waals surface area (Å²) in [5.74, 6) is 1.78. The van der Waals surface area contributed by atoms with Gasteiger partial charge in [0.15, 0.2) is 0 Å². The van der Waals surface area contributed by atoms with Crippen molar-refractivity contribution in [3.63, 3.8) is 0 Å². The van der Waals surface area contributed by atoms with Crippen LogP contribution >= 0.6 is 23.1 Å². The molecule has 0 fully saturated rings. The fourth-order valence-electron chi connectivity index (χ4n) is 3.02. The molecular formula is C18H17N3O3S2. The van der Waals surface area contributed by atoms with E-state index in [2.05, 4.69) is 15.3 Å². The molecule has 4 rings (SSSR count). The SMILES string of the molecule is COc1ccccc1NC(=O)Cc1nc2sc3c(c2c(=O)[nH]1)CCCS3. The summed E-state index contributed by atoms with van der Waals surface area (Å²) < 4.78 is 6.41. The molecule has 1 aliphatic rings. The number of fused-ring (bicyclic) bond motifs is 3. The number of nitrogens with one attached hydrogen (secondary N) is 2. The number of ether oxygens (including phenoxy) is 1. The van der Waals surface area contributed by atoms with Crippen molar-refractivity contribution < 1.29 is 9.53 Å². The molecule has 8 heteroatoms. The second-order valence-corrected chi connectivity index (χ2v) is 8.30. The summed E-state index contributed by atoms with van der Waals surface area (Å²) in [6.45, 7) is 0. The van der Waals surface area contributed by atoms with Crippen LogP contribution in [0.3, 0.4) is 0 Å². The van der Waals surface area contributed by atoms with Gasteiger partial charge in [-0.15, -0.1) is 23.1 Å². The number of aromatic nitrogens is 2. The number of para-hydroxylation sites is 2. The van der Waals surface area contributed by atoms with E-state index in [1.54, 1.807) is 42.3 Å². The standard InChI is InChI=1S/C18H17N3O3S2/c1-24-12-7-3-2-6-11(12)19-14(22)9-13-20-16(23)15-10-5-4-8-25-18(10)26-17(15)21-13/h2-3,6-7H,4-5,8-9H2,1H3,(H,19,22)(H,20,21,23). The molecule has 3 heterocycles. The number of carbonyl (C=O) groups excluding carboxylic acids is 1. The average molecular weight is 387 g/mol. The Morgan fingerprint density at radius 3 is 3.08 bits per heavy atom. The van der Waals surface area contributed by atoms with Gasteiger partial charge in [0.1, 0.15) is 16.4 Å². The van der Waals surface area contributed by atoms with Crippen molar-refractivity contribution in [2.75, 3.05) is 18.2 Å². The lowest BCUT2D eigenvalue weighted by Gasteiger charge is -2.10. The van der Waals surface area contributed by atoms with Crippen LogP contribution in [0.25, 0.3) is 10.2 Å². The lowest BCUT2D eigenvalue weighted by Crippen LogP contribution is -2.20. The minimum Gasteiger partial charge on any atom is -0.495 e. The molecule has 0 spiro atoms. The average Bonchev–Trinajstić information content (AvgIpc) is 3.00. The van der Waals surface area contributed by atoms with E-state index in [0.29, 0.717) is 27.5 Å². The Kier molecular flexibility index (Phi) is 4.69. The van der Waals surface area contributed by atoms with Crippen LogP contribution in [-0.4, -0.2) is 28.7 Å². The lowest BCUT2D eigenvalue weighted by molar-refractivity contribution is -0.115. The Balaban J connectivity index is 1.59. The number of aryl methyl sites for hydroxylation is 1. The van der Waals surface area contributed by atoms with Crippen LogP contribution in [0.4, 0.5) is 5.69 Å². The fourth-order valence-corrected chi connectivity index (χ4v) is 5.58. The summed E-state index contributed by atoms with van der Waals surface area (Å²) in [5, 5.41) is 3.49. The topological polar surface area (TPSA) is 84.1 Å². The Hall–Kier alpha value is -2.32. The largest absolute Gasteiger partial charge is 0.495 e. The van der Waals surface area contributed by atoms with Crippen molar-refractivity contribution in [3.05, 3.63) is 46.0 Å². The molecular weight excluding hydrogens is 370 g/mol. The number of thiophene rings is 1. The van der Waals surface area contributed by atoms with Crippen molar-refractivity contribution >= 4 is 44.9 Å².